The van der Waals surface area contributed by atoms with Crippen LogP contribution in [0.3, 0.4) is 0 Å². The van der Waals surface area contributed by atoms with Gasteiger partial charge in [0, 0.05) is 30.3 Å². The molecule has 3 rings (SSSR count). The molecule has 2 aliphatic heterocycles. The maximum absolute atomic E-state index is 6.30. The zero-order valence-electron chi connectivity index (χ0n) is 9.59. The minimum absolute atomic E-state index is 0.00856. The maximum Gasteiger partial charge on any atom is 0.231 e. The van der Waals surface area contributed by atoms with Gasteiger partial charge in [-0.2, -0.15) is 0 Å². The second-order valence-electron chi connectivity index (χ2n) is 4.19. The van der Waals surface area contributed by atoms with Crippen LogP contribution in [-0.4, -0.2) is 26.5 Å². The number of fused-ring (bicyclic) bond motifs is 1. The van der Waals surface area contributed by atoms with Gasteiger partial charge in [-0.1, -0.05) is 11.6 Å². The topological polar surface area (TPSA) is 39.7 Å². The Bertz CT molecular complexity index is 444. The van der Waals surface area contributed by atoms with E-state index >= 15 is 0 Å². The first-order chi connectivity index (χ1) is 8.27. The molecule has 1 saturated heterocycles. The number of ether oxygens (including phenoxy) is 3. The molecule has 0 aromatic heterocycles. The van der Waals surface area contributed by atoms with E-state index in [-0.39, 0.29) is 12.9 Å². The number of hydrogen-bond donors (Lipinski definition) is 1. The van der Waals surface area contributed by atoms with Crippen LogP contribution in [0.4, 0.5) is 0 Å². The van der Waals surface area contributed by atoms with Crippen LogP contribution >= 0.6 is 11.6 Å². The minimum atomic E-state index is -0.00856. The first-order valence-electron chi connectivity index (χ1n) is 5.68. The van der Waals surface area contributed by atoms with Gasteiger partial charge in [0.25, 0.3) is 0 Å². The van der Waals surface area contributed by atoms with Crippen molar-refractivity contribution in [1.82, 2.24) is 5.32 Å². The van der Waals surface area contributed by atoms with E-state index in [0.717, 1.165) is 35.7 Å². The summed E-state index contributed by atoms with van der Waals surface area (Å²) in [4.78, 5) is 0. The van der Waals surface area contributed by atoms with Crippen molar-refractivity contribution >= 4 is 11.6 Å². The fourth-order valence-corrected chi connectivity index (χ4v) is 2.69. The Kier molecular flexibility index (Phi) is 2.86. The third-order valence-corrected chi connectivity index (χ3v) is 3.46. The predicted octanol–water partition coefficient (Wildman–Crippen LogP) is 2.04. The van der Waals surface area contributed by atoms with Gasteiger partial charge in [-0.05, 0) is 6.92 Å². The summed E-state index contributed by atoms with van der Waals surface area (Å²) in [5, 5.41) is 3.98. The minimum Gasteiger partial charge on any atom is -0.454 e. The summed E-state index contributed by atoms with van der Waals surface area (Å²) in [6, 6.07) is 1.81. The highest BCUT2D eigenvalue weighted by molar-refractivity contribution is 6.31. The molecular formula is C12H14ClNO3. The Balaban J connectivity index is 2.03. The monoisotopic (exact) mass is 255 g/mol. The highest BCUT2D eigenvalue weighted by Gasteiger charge is 2.27. The standard InChI is InChI=1S/C12H14ClNO3/c1-7-11(10-5-14-2-3-15-10)8(13)4-9-12(7)17-6-16-9/h4,10,14H,2-3,5-6H2,1H3. The maximum atomic E-state index is 6.30. The fraction of sp³-hybridized carbons (Fsp3) is 0.500. The van der Waals surface area contributed by atoms with Crippen LogP contribution in [0.15, 0.2) is 6.07 Å². The van der Waals surface area contributed by atoms with Crippen molar-refractivity contribution in [3.63, 3.8) is 0 Å². The second kappa shape index (κ2) is 4.37. The molecule has 17 heavy (non-hydrogen) atoms. The van der Waals surface area contributed by atoms with Crippen LogP contribution in [0.2, 0.25) is 5.02 Å². The quantitative estimate of drug-likeness (QED) is 0.834. The number of nitrogens with one attached hydrogen (secondary N) is 1. The number of rotatable bonds is 1. The molecule has 1 N–H and O–H groups in total. The lowest BCUT2D eigenvalue weighted by atomic mass is 10.0. The summed E-state index contributed by atoms with van der Waals surface area (Å²) < 4.78 is 16.5. The molecule has 5 heteroatoms. The van der Waals surface area contributed by atoms with E-state index in [4.69, 9.17) is 25.8 Å². The molecule has 1 aromatic carbocycles. The molecular weight excluding hydrogens is 242 g/mol. The van der Waals surface area contributed by atoms with Crippen LogP contribution < -0.4 is 14.8 Å². The zero-order valence-corrected chi connectivity index (χ0v) is 10.3. The number of benzene rings is 1. The number of morpholine rings is 1. The molecule has 0 spiro atoms. The lowest BCUT2D eigenvalue weighted by Crippen LogP contribution is -2.33. The summed E-state index contributed by atoms with van der Waals surface area (Å²) in [6.45, 7) is 4.62. The summed E-state index contributed by atoms with van der Waals surface area (Å²) >= 11 is 6.30. The van der Waals surface area contributed by atoms with Crippen LogP contribution in [-0.2, 0) is 4.74 Å². The summed E-state index contributed by atoms with van der Waals surface area (Å²) in [5.41, 5.74) is 2.02. The van der Waals surface area contributed by atoms with Gasteiger partial charge in [0.15, 0.2) is 11.5 Å². The Morgan fingerprint density at radius 1 is 1.41 bits per heavy atom. The van der Waals surface area contributed by atoms with Gasteiger partial charge >= 0.3 is 0 Å². The van der Waals surface area contributed by atoms with Gasteiger partial charge in [0.05, 0.1) is 17.7 Å². The lowest BCUT2D eigenvalue weighted by molar-refractivity contribution is 0.0272. The van der Waals surface area contributed by atoms with Crippen molar-refractivity contribution in [3.8, 4) is 11.5 Å². The molecule has 2 aliphatic rings. The molecule has 92 valence electrons. The first-order valence-corrected chi connectivity index (χ1v) is 6.06. The number of hydrogen-bond acceptors (Lipinski definition) is 4. The Morgan fingerprint density at radius 3 is 3.06 bits per heavy atom. The van der Waals surface area contributed by atoms with Gasteiger partial charge in [-0.15, -0.1) is 0 Å². The SMILES string of the molecule is Cc1c2c(cc(Cl)c1C1CNCCO1)OCO2. The molecule has 4 nitrogen and oxygen atoms in total. The molecule has 1 aromatic rings. The highest BCUT2D eigenvalue weighted by atomic mass is 35.5. The van der Waals surface area contributed by atoms with Gasteiger partial charge in [-0.3, -0.25) is 0 Å². The van der Waals surface area contributed by atoms with Crippen LogP contribution in [0, 0.1) is 6.92 Å². The second-order valence-corrected chi connectivity index (χ2v) is 4.60. The van der Waals surface area contributed by atoms with Crippen molar-refractivity contribution in [2.24, 2.45) is 0 Å². The van der Waals surface area contributed by atoms with Gasteiger partial charge in [0.2, 0.25) is 6.79 Å². The number of halogens is 1. The average Bonchev–Trinajstić information content (AvgIpc) is 2.78. The molecule has 0 amide bonds. The molecule has 2 heterocycles. The van der Waals surface area contributed by atoms with E-state index in [9.17, 15) is 0 Å². The highest BCUT2D eigenvalue weighted by Crippen LogP contribution is 2.43. The molecule has 0 saturated carbocycles. The third-order valence-electron chi connectivity index (χ3n) is 3.15. The summed E-state index contributed by atoms with van der Waals surface area (Å²) in [6.07, 6.45) is -0.00856. The summed E-state index contributed by atoms with van der Waals surface area (Å²) in [5.74, 6) is 1.51. The lowest BCUT2D eigenvalue weighted by Gasteiger charge is -2.26. The fourth-order valence-electron chi connectivity index (χ4n) is 2.33. The predicted molar refractivity (Wildman–Crippen MR) is 63.9 cm³/mol. The van der Waals surface area contributed by atoms with Crippen LogP contribution in [0.25, 0.3) is 0 Å². The van der Waals surface area contributed by atoms with Crippen molar-refractivity contribution in [2.45, 2.75) is 13.0 Å². The summed E-state index contributed by atoms with van der Waals surface area (Å²) in [7, 11) is 0. The molecule has 0 bridgehead atoms. The van der Waals surface area contributed by atoms with E-state index in [1.165, 1.54) is 0 Å². The third kappa shape index (κ3) is 1.86. The van der Waals surface area contributed by atoms with E-state index in [2.05, 4.69) is 5.32 Å². The van der Waals surface area contributed by atoms with Crippen LogP contribution in [0.5, 0.6) is 11.5 Å². The van der Waals surface area contributed by atoms with Gasteiger partial charge in [0.1, 0.15) is 0 Å². The molecule has 1 unspecified atom stereocenters. The Labute approximate surface area is 105 Å². The average molecular weight is 256 g/mol. The largest absolute Gasteiger partial charge is 0.454 e. The van der Waals surface area contributed by atoms with Gasteiger partial charge in [-0.25, -0.2) is 0 Å². The molecule has 0 radical (unpaired) electrons. The smallest absolute Gasteiger partial charge is 0.231 e. The molecule has 0 aliphatic carbocycles. The normalized spacial score (nSPS) is 22.8. The van der Waals surface area contributed by atoms with Crippen molar-refractivity contribution in [3.05, 3.63) is 22.2 Å². The molecule has 1 atom stereocenters. The van der Waals surface area contributed by atoms with E-state index in [1.807, 2.05) is 13.0 Å². The van der Waals surface area contributed by atoms with E-state index < -0.39 is 0 Å². The Morgan fingerprint density at radius 2 is 2.29 bits per heavy atom. The molecule has 1 fully saturated rings. The van der Waals surface area contributed by atoms with E-state index in [0.29, 0.717) is 11.6 Å². The van der Waals surface area contributed by atoms with Crippen molar-refractivity contribution < 1.29 is 14.2 Å². The van der Waals surface area contributed by atoms with Crippen molar-refractivity contribution in [1.29, 1.82) is 0 Å². The van der Waals surface area contributed by atoms with E-state index in [1.54, 1.807) is 0 Å². The van der Waals surface area contributed by atoms with Crippen molar-refractivity contribution in [2.75, 3.05) is 26.5 Å². The first kappa shape index (κ1) is 11.1. The van der Waals surface area contributed by atoms with Gasteiger partial charge < -0.3 is 19.5 Å². The zero-order chi connectivity index (χ0) is 11.8. The van der Waals surface area contributed by atoms with Crippen LogP contribution in [0.1, 0.15) is 17.2 Å². The Hall–Kier alpha value is -0.970.